The molecule has 5 heteroatoms. The van der Waals surface area contributed by atoms with Gasteiger partial charge < -0.3 is 4.74 Å². The highest BCUT2D eigenvalue weighted by Gasteiger charge is 2.11. The van der Waals surface area contributed by atoms with E-state index in [1.807, 2.05) is 0 Å². The van der Waals surface area contributed by atoms with Crippen molar-refractivity contribution in [1.82, 2.24) is 0 Å². The van der Waals surface area contributed by atoms with Crippen LogP contribution in [0, 0.1) is 23.0 Å². The Morgan fingerprint density at radius 3 is 2.71 bits per heavy atom. The van der Waals surface area contributed by atoms with Crippen LogP contribution in [0.2, 0.25) is 0 Å². The third-order valence-electron chi connectivity index (χ3n) is 2.69. The van der Waals surface area contributed by atoms with Gasteiger partial charge in [0.25, 0.3) is 5.69 Å². The second-order valence-electron chi connectivity index (χ2n) is 3.97. The molecule has 0 radical (unpaired) electrons. The number of nitro benzene ring substituents is 1. The molecule has 0 aromatic heterocycles. The van der Waals surface area contributed by atoms with Crippen LogP contribution in [0.15, 0.2) is 18.2 Å². The van der Waals surface area contributed by atoms with Crippen LogP contribution in [0.1, 0.15) is 18.9 Å². The first-order chi connectivity index (χ1) is 8.08. The zero-order valence-electron chi connectivity index (χ0n) is 10.0. The monoisotopic (exact) mass is 255 g/mol. The molecule has 1 unspecified atom stereocenters. The van der Waals surface area contributed by atoms with E-state index in [1.54, 1.807) is 19.1 Å². The lowest BCUT2D eigenvalue weighted by Gasteiger charge is -2.13. The lowest BCUT2D eigenvalue weighted by Crippen LogP contribution is -2.12. The third-order valence-corrected chi connectivity index (χ3v) is 3.20. The zero-order chi connectivity index (χ0) is 12.8. The number of thiol groups is 1. The number of hydrogen-bond donors (Lipinski definition) is 1. The predicted octanol–water partition coefficient (Wildman–Crippen LogP) is 3.24. The van der Waals surface area contributed by atoms with E-state index in [2.05, 4.69) is 19.6 Å². The number of nitro groups is 1. The van der Waals surface area contributed by atoms with Crippen molar-refractivity contribution in [3.05, 3.63) is 33.9 Å². The van der Waals surface area contributed by atoms with E-state index in [4.69, 9.17) is 4.74 Å². The minimum absolute atomic E-state index is 0.124. The van der Waals surface area contributed by atoms with E-state index in [-0.39, 0.29) is 10.6 Å². The van der Waals surface area contributed by atoms with Crippen molar-refractivity contribution >= 4 is 18.3 Å². The van der Waals surface area contributed by atoms with Crippen molar-refractivity contribution in [3.63, 3.8) is 0 Å². The molecule has 0 spiro atoms. The lowest BCUT2D eigenvalue weighted by atomic mass is 10.1. The van der Waals surface area contributed by atoms with Crippen molar-refractivity contribution < 1.29 is 9.66 Å². The Labute approximate surface area is 107 Å². The summed E-state index contributed by atoms with van der Waals surface area (Å²) < 4.78 is 5.59. The van der Waals surface area contributed by atoms with Gasteiger partial charge in [-0.2, -0.15) is 12.6 Å². The Balaban J connectivity index is 2.67. The van der Waals surface area contributed by atoms with E-state index in [1.165, 1.54) is 6.07 Å². The summed E-state index contributed by atoms with van der Waals surface area (Å²) in [5.41, 5.74) is 0.741. The largest absolute Gasteiger partial charge is 0.493 e. The Kier molecular flexibility index (Phi) is 5.28. The van der Waals surface area contributed by atoms with Gasteiger partial charge in [0.15, 0.2) is 0 Å². The minimum Gasteiger partial charge on any atom is -0.493 e. The van der Waals surface area contributed by atoms with Gasteiger partial charge in [-0.3, -0.25) is 10.1 Å². The maximum atomic E-state index is 10.6. The Hall–Kier alpha value is -1.23. The maximum absolute atomic E-state index is 10.6. The molecule has 1 atom stereocenters. The molecule has 1 aromatic carbocycles. The minimum atomic E-state index is -0.387. The topological polar surface area (TPSA) is 52.4 Å². The zero-order valence-corrected chi connectivity index (χ0v) is 10.9. The van der Waals surface area contributed by atoms with Gasteiger partial charge >= 0.3 is 0 Å². The normalized spacial score (nSPS) is 12.2. The first kappa shape index (κ1) is 13.8. The van der Waals surface area contributed by atoms with Crippen LogP contribution in [-0.4, -0.2) is 17.3 Å². The number of rotatable bonds is 6. The van der Waals surface area contributed by atoms with Crippen molar-refractivity contribution in [3.8, 4) is 5.75 Å². The molecular weight excluding hydrogens is 238 g/mol. The highest BCUT2D eigenvalue weighted by Crippen LogP contribution is 2.23. The van der Waals surface area contributed by atoms with Crippen LogP contribution < -0.4 is 4.74 Å². The summed E-state index contributed by atoms with van der Waals surface area (Å²) in [5.74, 6) is 1.87. The highest BCUT2D eigenvalue weighted by molar-refractivity contribution is 7.80. The lowest BCUT2D eigenvalue weighted by molar-refractivity contribution is -0.385. The third kappa shape index (κ3) is 3.93. The van der Waals surface area contributed by atoms with Gasteiger partial charge in [-0.15, -0.1) is 0 Å². The van der Waals surface area contributed by atoms with Gasteiger partial charge in [0.05, 0.1) is 11.5 Å². The van der Waals surface area contributed by atoms with Gasteiger partial charge in [0.2, 0.25) is 0 Å². The van der Waals surface area contributed by atoms with Gasteiger partial charge in [-0.1, -0.05) is 6.92 Å². The molecule has 0 saturated heterocycles. The van der Waals surface area contributed by atoms with Crippen LogP contribution in [0.5, 0.6) is 5.75 Å². The molecule has 1 aromatic rings. The Morgan fingerprint density at radius 1 is 1.53 bits per heavy atom. The van der Waals surface area contributed by atoms with Crippen LogP contribution in [0.4, 0.5) is 5.69 Å². The average Bonchev–Trinajstić information content (AvgIpc) is 2.30. The van der Waals surface area contributed by atoms with Crippen molar-refractivity contribution in [1.29, 1.82) is 0 Å². The second kappa shape index (κ2) is 6.49. The van der Waals surface area contributed by atoms with E-state index in [0.717, 1.165) is 12.2 Å². The van der Waals surface area contributed by atoms with Crippen LogP contribution in [0.25, 0.3) is 0 Å². The van der Waals surface area contributed by atoms with Crippen LogP contribution in [0.3, 0.4) is 0 Å². The first-order valence-electron chi connectivity index (χ1n) is 5.57. The molecule has 94 valence electrons. The van der Waals surface area contributed by atoms with Crippen molar-refractivity contribution in [2.45, 2.75) is 20.3 Å². The average molecular weight is 255 g/mol. The molecule has 1 rings (SSSR count). The Bertz CT molecular complexity index is 391. The van der Waals surface area contributed by atoms with Crippen LogP contribution >= 0.6 is 12.6 Å². The highest BCUT2D eigenvalue weighted by atomic mass is 32.1. The van der Waals surface area contributed by atoms with E-state index in [9.17, 15) is 10.1 Å². The van der Waals surface area contributed by atoms with Gasteiger partial charge in [-0.05, 0) is 31.2 Å². The molecule has 0 aliphatic rings. The molecule has 0 aliphatic carbocycles. The molecule has 0 aliphatic heterocycles. The standard InChI is InChI=1S/C12H17NO3S/c1-3-10(8-17)7-16-11-4-5-12(13(14)15)9(2)6-11/h4-6,10,17H,3,7-8H2,1-2H3. The van der Waals surface area contributed by atoms with Crippen molar-refractivity contribution in [2.24, 2.45) is 5.92 Å². The van der Waals surface area contributed by atoms with Gasteiger partial charge in [0, 0.05) is 17.5 Å². The second-order valence-corrected chi connectivity index (χ2v) is 4.34. The van der Waals surface area contributed by atoms with Crippen LogP contribution in [-0.2, 0) is 0 Å². The molecule has 17 heavy (non-hydrogen) atoms. The molecule has 0 amide bonds. The summed E-state index contributed by atoms with van der Waals surface area (Å²) >= 11 is 4.24. The smallest absolute Gasteiger partial charge is 0.272 e. The summed E-state index contributed by atoms with van der Waals surface area (Å²) in [5, 5.41) is 10.6. The fourth-order valence-electron chi connectivity index (χ4n) is 1.44. The quantitative estimate of drug-likeness (QED) is 0.482. The molecule has 0 N–H and O–H groups in total. The number of aryl methyl sites for hydroxylation is 1. The summed E-state index contributed by atoms with van der Waals surface area (Å²) in [6.45, 7) is 4.39. The molecule has 0 fully saturated rings. The molecule has 0 saturated carbocycles. The molecule has 0 heterocycles. The van der Waals surface area contributed by atoms with Gasteiger partial charge in [-0.25, -0.2) is 0 Å². The van der Waals surface area contributed by atoms with E-state index in [0.29, 0.717) is 23.8 Å². The fraction of sp³-hybridized carbons (Fsp3) is 0.500. The van der Waals surface area contributed by atoms with E-state index < -0.39 is 0 Å². The molecular formula is C12H17NO3S. The SMILES string of the molecule is CCC(CS)COc1ccc([N+](=O)[O-])c(C)c1. The van der Waals surface area contributed by atoms with Crippen molar-refractivity contribution in [2.75, 3.05) is 12.4 Å². The van der Waals surface area contributed by atoms with Gasteiger partial charge in [0.1, 0.15) is 5.75 Å². The number of hydrogen-bond acceptors (Lipinski definition) is 4. The predicted molar refractivity (Wildman–Crippen MR) is 71.0 cm³/mol. The number of ether oxygens (including phenoxy) is 1. The summed E-state index contributed by atoms with van der Waals surface area (Å²) in [7, 11) is 0. The molecule has 4 nitrogen and oxygen atoms in total. The number of nitrogens with zero attached hydrogens (tertiary/aromatic N) is 1. The number of benzene rings is 1. The maximum Gasteiger partial charge on any atom is 0.272 e. The van der Waals surface area contributed by atoms with E-state index >= 15 is 0 Å². The first-order valence-corrected chi connectivity index (χ1v) is 6.20. The summed E-state index contributed by atoms with van der Waals surface area (Å²) in [6.07, 6.45) is 1.01. The summed E-state index contributed by atoms with van der Waals surface area (Å²) in [4.78, 5) is 10.3. The Morgan fingerprint density at radius 2 is 2.24 bits per heavy atom. The molecule has 0 bridgehead atoms. The fourth-order valence-corrected chi connectivity index (χ4v) is 1.80. The summed E-state index contributed by atoms with van der Waals surface area (Å²) in [6, 6.07) is 4.81.